The second-order valence-corrected chi connectivity index (χ2v) is 7.65. The molecule has 1 atom stereocenters. The molecule has 31 heavy (non-hydrogen) atoms. The number of hydrogen-bond donors (Lipinski definition) is 2. The normalized spacial score (nSPS) is 11.7. The molecule has 2 aromatic carbocycles. The number of carbonyl (C=O) groups excluding carboxylic acids is 2. The SMILES string of the molecule is CC(C)NC(=O)Nc1cccc(C(=O)O[C@@H](CCc2ccccc2)c2nccn2C)c1. The molecule has 0 spiro atoms. The topological polar surface area (TPSA) is 85.2 Å². The van der Waals surface area contributed by atoms with Gasteiger partial charge < -0.3 is 19.9 Å². The highest BCUT2D eigenvalue weighted by Crippen LogP contribution is 2.24. The van der Waals surface area contributed by atoms with Crippen molar-refractivity contribution in [1.29, 1.82) is 0 Å². The van der Waals surface area contributed by atoms with Crippen LogP contribution >= 0.6 is 0 Å². The minimum atomic E-state index is -0.492. The Morgan fingerprint density at radius 2 is 1.87 bits per heavy atom. The largest absolute Gasteiger partial charge is 0.451 e. The third kappa shape index (κ3) is 6.44. The molecule has 0 radical (unpaired) electrons. The molecule has 0 bridgehead atoms. The number of rotatable bonds is 8. The van der Waals surface area contributed by atoms with Crippen molar-refractivity contribution in [2.75, 3.05) is 5.32 Å². The van der Waals surface area contributed by atoms with E-state index in [2.05, 4.69) is 27.8 Å². The number of aryl methyl sites for hydroxylation is 2. The lowest BCUT2D eigenvalue weighted by molar-refractivity contribution is 0.0249. The first-order valence-corrected chi connectivity index (χ1v) is 10.3. The van der Waals surface area contributed by atoms with E-state index < -0.39 is 12.1 Å². The van der Waals surface area contributed by atoms with Gasteiger partial charge in [-0.25, -0.2) is 14.6 Å². The molecule has 0 saturated carbocycles. The zero-order valence-corrected chi connectivity index (χ0v) is 18.0. The molecule has 2 amide bonds. The van der Waals surface area contributed by atoms with Crippen LogP contribution in [-0.4, -0.2) is 27.6 Å². The van der Waals surface area contributed by atoms with Crippen molar-refractivity contribution in [1.82, 2.24) is 14.9 Å². The molecule has 3 aromatic rings. The molecule has 7 heteroatoms. The number of imidazole rings is 1. The number of anilines is 1. The summed E-state index contributed by atoms with van der Waals surface area (Å²) in [5.74, 6) is 0.226. The zero-order valence-electron chi connectivity index (χ0n) is 18.0. The molecule has 162 valence electrons. The van der Waals surface area contributed by atoms with Gasteiger partial charge >= 0.3 is 12.0 Å². The summed E-state index contributed by atoms with van der Waals surface area (Å²) in [6.45, 7) is 3.75. The Balaban J connectivity index is 1.72. The number of esters is 1. The Hall–Kier alpha value is -3.61. The monoisotopic (exact) mass is 420 g/mol. The number of nitrogens with zero attached hydrogens (tertiary/aromatic N) is 2. The zero-order chi connectivity index (χ0) is 22.2. The fraction of sp³-hybridized carbons (Fsp3) is 0.292. The molecule has 0 saturated heterocycles. The molecular weight excluding hydrogens is 392 g/mol. The number of urea groups is 1. The van der Waals surface area contributed by atoms with E-state index in [1.54, 1.807) is 30.5 Å². The van der Waals surface area contributed by atoms with Gasteiger partial charge in [-0.05, 0) is 50.5 Å². The summed E-state index contributed by atoms with van der Waals surface area (Å²) in [5.41, 5.74) is 2.05. The molecule has 2 N–H and O–H groups in total. The van der Waals surface area contributed by atoms with Gasteiger partial charge in [0.1, 0.15) is 5.82 Å². The van der Waals surface area contributed by atoms with Gasteiger partial charge in [0, 0.05) is 31.2 Å². The summed E-state index contributed by atoms with van der Waals surface area (Å²) >= 11 is 0. The van der Waals surface area contributed by atoms with Crippen LogP contribution in [-0.2, 0) is 18.2 Å². The van der Waals surface area contributed by atoms with E-state index in [9.17, 15) is 9.59 Å². The average molecular weight is 421 g/mol. The van der Waals surface area contributed by atoms with Crippen LogP contribution in [0.5, 0.6) is 0 Å². The van der Waals surface area contributed by atoms with Crippen LogP contribution in [0.1, 0.15) is 48.1 Å². The van der Waals surface area contributed by atoms with Gasteiger partial charge in [0.05, 0.1) is 5.56 Å². The Labute approximate surface area is 182 Å². The minimum Gasteiger partial charge on any atom is -0.451 e. The van der Waals surface area contributed by atoms with Gasteiger partial charge in [-0.15, -0.1) is 0 Å². The number of hydrogen-bond acceptors (Lipinski definition) is 4. The number of benzene rings is 2. The van der Waals surface area contributed by atoms with Crippen LogP contribution < -0.4 is 10.6 Å². The van der Waals surface area contributed by atoms with E-state index in [0.29, 0.717) is 23.5 Å². The second-order valence-electron chi connectivity index (χ2n) is 7.65. The molecule has 1 heterocycles. The van der Waals surface area contributed by atoms with Crippen LogP contribution in [0.15, 0.2) is 67.0 Å². The van der Waals surface area contributed by atoms with E-state index in [0.717, 1.165) is 6.42 Å². The highest BCUT2D eigenvalue weighted by Gasteiger charge is 2.22. The van der Waals surface area contributed by atoms with Crippen molar-refractivity contribution in [2.45, 2.75) is 38.8 Å². The van der Waals surface area contributed by atoms with Crippen LogP contribution in [0.25, 0.3) is 0 Å². The van der Waals surface area contributed by atoms with Gasteiger partial charge in [0.25, 0.3) is 0 Å². The summed E-state index contributed by atoms with van der Waals surface area (Å²) in [6, 6.07) is 16.5. The third-order valence-electron chi connectivity index (χ3n) is 4.71. The van der Waals surface area contributed by atoms with E-state index in [1.807, 2.05) is 49.9 Å². The molecule has 0 aliphatic heterocycles. The first kappa shape index (κ1) is 22.1. The average Bonchev–Trinajstić information content (AvgIpc) is 3.17. The number of amides is 2. The lowest BCUT2D eigenvalue weighted by atomic mass is 10.1. The van der Waals surface area contributed by atoms with Crippen molar-refractivity contribution >= 4 is 17.7 Å². The molecule has 0 unspecified atom stereocenters. The summed E-state index contributed by atoms with van der Waals surface area (Å²) in [5, 5.41) is 5.48. The molecule has 3 rings (SSSR count). The summed E-state index contributed by atoms with van der Waals surface area (Å²) in [7, 11) is 1.88. The number of aromatic nitrogens is 2. The minimum absolute atomic E-state index is 0.0105. The molecule has 0 aliphatic rings. The standard InChI is InChI=1S/C24H28N4O3/c1-17(2)26-24(30)27-20-11-7-10-19(16-20)23(29)31-21(22-25-14-15-28(22)3)13-12-18-8-5-4-6-9-18/h4-11,14-17,21H,12-13H2,1-3H3,(H2,26,27,30)/t21-/m0/s1. The molecule has 0 aliphatic carbocycles. The lowest BCUT2D eigenvalue weighted by Gasteiger charge is -2.18. The van der Waals surface area contributed by atoms with E-state index in [4.69, 9.17) is 4.74 Å². The van der Waals surface area contributed by atoms with Crippen molar-refractivity contribution < 1.29 is 14.3 Å². The maximum Gasteiger partial charge on any atom is 0.338 e. The first-order chi connectivity index (χ1) is 14.9. The molecule has 0 fully saturated rings. The number of carbonyl (C=O) groups is 2. The van der Waals surface area contributed by atoms with E-state index in [-0.39, 0.29) is 12.1 Å². The predicted octanol–water partition coefficient (Wildman–Crippen LogP) is 4.48. The van der Waals surface area contributed by atoms with E-state index in [1.165, 1.54) is 5.56 Å². The first-order valence-electron chi connectivity index (χ1n) is 10.3. The molecule has 7 nitrogen and oxygen atoms in total. The Kier molecular flexibility index (Phi) is 7.43. The fourth-order valence-corrected chi connectivity index (χ4v) is 3.22. The van der Waals surface area contributed by atoms with Gasteiger partial charge in [-0.1, -0.05) is 36.4 Å². The van der Waals surface area contributed by atoms with Crippen molar-refractivity contribution in [3.05, 3.63) is 83.9 Å². The van der Waals surface area contributed by atoms with Gasteiger partial charge in [-0.2, -0.15) is 0 Å². The highest BCUT2D eigenvalue weighted by atomic mass is 16.5. The van der Waals surface area contributed by atoms with Crippen LogP contribution in [0.2, 0.25) is 0 Å². The van der Waals surface area contributed by atoms with Gasteiger partial charge in [0.2, 0.25) is 0 Å². The van der Waals surface area contributed by atoms with Gasteiger partial charge in [0.15, 0.2) is 6.10 Å². The van der Waals surface area contributed by atoms with Crippen molar-refractivity contribution in [3.63, 3.8) is 0 Å². The summed E-state index contributed by atoms with van der Waals surface area (Å²) in [4.78, 5) is 29.2. The second kappa shape index (κ2) is 10.4. The van der Waals surface area contributed by atoms with Crippen LogP contribution in [0.4, 0.5) is 10.5 Å². The lowest BCUT2D eigenvalue weighted by Crippen LogP contribution is -2.34. The Morgan fingerprint density at radius 1 is 1.10 bits per heavy atom. The smallest absolute Gasteiger partial charge is 0.338 e. The van der Waals surface area contributed by atoms with Crippen LogP contribution in [0.3, 0.4) is 0 Å². The quantitative estimate of drug-likeness (QED) is 0.526. The maximum absolute atomic E-state index is 12.9. The summed E-state index contributed by atoms with van der Waals surface area (Å²) < 4.78 is 7.72. The van der Waals surface area contributed by atoms with E-state index >= 15 is 0 Å². The fourth-order valence-electron chi connectivity index (χ4n) is 3.22. The maximum atomic E-state index is 12.9. The molecule has 1 aromatic heterocycles. The van der Waals surface area contributed by atoms with Gasteiger partial charge in [-0.3, -0.25) is 0 Å². The highest BCUT2D eigenvalue weighted by molar-refractivity contribution is 5.94. The molecular formula is C24H28N4O3. The van der Waals surface area contributed by atoms with Crippen LogP contribution in [0, 0.1) is 0 Å². The Morgan fingerprint density at radius 3 is 2.55 bits per heavy atom. The van der Waals surface area contributed by atoms with Crippen molar-refractivity contribution in [3.8, 4) is 0 Å². The third-order valence-corrected chi connectivity index (χ3v) is 4.71. The summed E-state index contributed by atoms with van der Waals surface area (Å²) in [6.07, 6.45) is 4.39. The number of nitrogens with one attached hydrogen (secondary N) is 2. The Bertz CT molecular complexity index is 1010. The predicted molar refractivity (Wildman–Crippen MR) is 120 cm³/mol. The number of ether oxygens (including phenoxy) is 1. The van der Waals surface area contributed by atoms with Crippen molar-refractivity contribution in [2.24, 2.45) is 7.05 Å².